The molecule has 1 aliphatic heterocycles. The predicted molar refractivity (Wildman–Crippen MR) is 74.5 cm³/mol. The zero-order chi connectivity index (χ0) is 13.9. The van der Waals surface area contributed by atoms with Crippen LogP contribution in [-0.4, -0.2) is 25.6 Å². The van der Waals surface area contributed by atoms with Gasteiger partial charge < -0.3 is 15.4 Å². The summed E-state index contributed by atoms with van der Waals surface area (Å²) in [6.45, 7) is 0.525. The number of nitrogens with one attached hydrogen (secondary N) is 2. The first-order valence-corrected chi connectivity index (χ1v) is 6.07. The summed E-state index contributed by atoms with van der Waals surface area (Å²) >= 11 is 0. The zero-order valence-corrected chi connectivity index (χ0v) is 11.8. The molecule has 0 spiro atoms. The van der Waals surface area contributed by atoms with Crippen molar-refractivity contribution in [2.45, 2.75) is 20.0 Å². The molecule has 1 aromatic carbocycles. The van der Waals surface area contributed by atoms with Crippen LogP contribution in [0.15, 0.2) is 24.3 Å². The lowest BCUT2D eigenvalue weighted by molar-refractivity contribution is -0.123. The molecule has 7 heteroatoms. The maximum absolute atomic E-state index is 12.1. The van der Waals surface area contributed by atoms with E-state index < -0.39 is 12.0 Å². The first kappa shape index (κ1) is 16.7. The van der Waals surface area contributed by atoms with Crippen molar-refractivity contribution in [2.75, 3.05) is 18.4 Å². The molecule has 20 heavy (non-hydrogen) atoms. The van der Waals surface area contributed by atoms with Gasteiger partial charge in [0.15, 0.2) is 0 Å². The molecule has 1 amide bonds. The minimum atomic E-state index is -2.84. The molecule has 0 saturated carbocycles. The van der Waals surface area contributed by atoms with E-state index in [0.717, 1.165) is 13.0 Å². The SMILES string of the molecule is CC1(C(=O)Nc2ccc(OC(F)F)cc2)CCNC1.Cl. The van der Waals surface area contributed by atoms with Crippen LogP contribution < -0.4 is 15.4 Å². The molecule has 1 heterocycles. The Balaban J connectivity index is 0.00000200. The number of benzene rings is 1. The number of alkyl halides is 2. The number of amides is 1. The Kier molecular flexibility index (Phi) is 5.71. The van der Waals surface area contributed by atoms with Gasteiger partial charge in [-0.05, 0) is 44.2 Å². The van der Waals surface area contributed by atoms with Gasteiger partial charge in [0.25, 0.3) is 0 Å². The summed E-state index contributed by atoms with van der Waals surface area (Å²) in [6, 6.07) is 5.89. The topological polar surface area (TPSA) is 50.4 Å². The summed E-state index contributed by atoms with van der Waals surface area (Å²) in [7, 11) is 0. The molecule has 1 fully saturated rings. The van der Waals surface area contributed by atoms with Crippen LogP contribution in [0.3, 0.4) is 0 Å². The van der Waals surface area contributed by atoms with E-state index in [1.807, 2.05) is 6.92 Å². The van der Waals surface area contributed by atoms with Crippen LogP contribution in [-0.2, 0) is 4.79 Å². The number of rotatable bonds is 4. The van der Waals surface area contributed by atoms with E-state index in [1.54, 1.807) is 12.1 Å². The second kappa shape index (κ2) is 6.85. The van der Waals surface area contributed by atoms with Gasteiger partial charge in [0.1, 0.15) is 5.75 Å². The van der Waals surface area contributed by atoms with Crippen molar-refractivity contribution in [1.29, 1.82) is 0 Å². The lowest BCUT2D eigenvalue weighted by atomic mass is 9.89. The zero-order valence-electron chi connectivity index (χ0n) is 11.0. The van der Waals surface area contributed by atoms with Gasteiger partial charge in [0.05, 0.1) is 5.41 Å². The van der Waals surface area contributed by atoms with Crippen LogP contribution in [0.2, 0.25) is 0 Å². The predicted octanol–water partition coefficient (Wildman–Crippen LogP) is 2.65. The molecular formula is C13H17ClF2N2O2. The molecule has 1 aliphatic rings. The van der Waals surface area contributed by atoms with E-state index in [0.29, 0.717) is 12.2 Å². The Bertz CT molecular complexity index is 448. The highest BCUT2D eigenvalue weighted by Crippen LogP contribution is 2.27. The standard InChI is InChI=1S/C13H16F2N2O2.ClH/c1-13(6-7-16-8-13)11(18)17-9-2-4-10(5-3-9)19-12(14)15;/h2-5,12,16H,6-8H2,1H3,(H,17,18);1H. The second-order valence-electron chi connectivity index (χ2n) is 4.84. The van der Waals surface area contributed by atoms with Crippen LogP contribution in [0.4, 0.5) is 14.5 Å². The second-order valence-corrected chi connectivity index (χ2v) is 4.84. The van der Waals surface area contributed by atoms with Crippen LogP contribution in [0.25, 0.3) is 0 Å². The molecule has 0 aliphatic carbocycles. The van der Waals surface area contributed by atoms with Crippen LogP contribution in [0.1, 0.15) is 13.3 Å². The molecule has 1 saturated heterocycles. The summed E-state index contributed by atoms with van der Waals surface area (Å²) in [5.74, 6) is 0.00164. The minimum absolute atomic E-state index is 0. The fraction of sp³-hybridized carbons (Fsp3) is 0.462. The number of carbonyl (C=O) groups excluding carboxylic acids is 1. The third-order valence-corrected chi connectivity index (χ3v) is 3.25. The summed E-state index contributed by atoms with van der Waals surface area (Å²) in [4.78, 5) is 12.1. The molecule has 112 valence electrons. The Morgan fingerprint density at radius 2 is 2.05 bits per heavy atom. The molecule has 2 rings (SSSR count). The lowest BCUT2D eigenvalue weighted by Crippen LogP contribution is -2.35. The first-order valence-electron chi connectivity index (χ1n) is 6.07. The van der Waals surface area contributed by atoms with E-state index in [-0.39, 0.29) is 24.1 Å². The van der Waals surface area contributed by atoms with Gasteiger partial charge in [-0.1, -0.05) is 0 Å². The van der Waals surface area contributed by atoms with Crippen molar-refractivity contribution >= 4 is 24.0 Å². The number of anilines is 1. The summed E-state index contributed by atoms with van der Waals surface area (Å²) in [5.41, 5.74) is 0.151. The van der Waals surface area contributed by atoms with E-state index in [9.17, 15) is 13.6 Å². The first-order chi connectivity index (χ1) is 8.99. The Hall–Kier alpha value is -1.40. The smallest absolute Gasteiger partial charge is 0.387 e. The fourth-order valence-corrected chi connectivity index (χ4v) is 2.01. The Labute approximate surface area is 122 Å². The Morgan fingerprint density at radius 1 is 1.40 bits per heavy atom. The van der Waals surface area contributed by atoms with Crippen molar-refractivity contribution in [2.24, 2.45) is 5.41 Å². The van der Waals surface area contributed by atoms with E-state index in [2.05, 4.69) is 15.4 Å². The summed E-state index contributed by atoms with van der Waals surface area (Å²) in [5, 5.41) is 5.93. The van der Waals surface area contributed by atoms with E-state index in [1.165, 1.54) is 12.1 Å². The molecule has 0 aromatic heterocycles. The summed E-state index contributed by atoms with van der Waals surface area (Å²) in [6.07, 6.45) is 0.783. The van der Waals surface area contributed by atoms with Gasteiger partial charge in [-0.3, -0.25) is 4.79 Å². The normalized spacial score (nSPS) is 21.4. The third kappa shape index (κ3) is 4.05. The average molecular weight is 307 g/mol. The van der Waals surface area contributed by atoms with Gasteiger partial charge in [-0.15, -0.1) is 12.4 Å². The monoisotopic (exact) mass is 306 g/mol. The highest BCUT2D eigenvalue weighted by Gasteiger charge is 2.36. The Morgan fingerprint density at radius 3 is 2.55 bits per heavy atom. The van der Waals surface area contributed by atoms with Crippen LogP contribution >= 0.6 is 12.4 Å². The fourth-order valence-electron chi connectivity index (χ4n) is 2.01. The van der Waals surface area contributed by atoms with Crippen LogP contribution in [0, 0.1) is 5.41 Å². The highest BCUT2D eigenvalue weighted by atomic mass is 35.5. The quantitative estimate of drug-likeness (QED) is 0.899. The highest BCUT2D eigenvalue weighted by molar-refractivity contribution is 5.95. The number of carbonyl (C=O) groups is 1. The van der Waals surface area contributed by atoms with E-state index in [4.69, 9.17) is 0 Å². The number of ether oxygens (including phenoxy) is 1. The number of hydrogen-bond acceptors (Lipinski definition) is 3. The minimum Gasteiger partial charge on any atom is -0.435 e. The summed E-state index contributed by atoms with van der Waals surface area (Å²) < 4.78 is 28.2. The molecule has 1 unspecified atom stereocenters. The maximum Gasteiger partial charge on any atom is 0.387 e. The molecule has 1 aromatic rings. The van der Waals surface area contributed by atoms with Gasteiger partial charge in [0.2, 0.25) is 5.91 Å². The molecule has 4 nitrogen and oxygen atoms in total. The molecule has 1 atom stereocenters. The molecule has 2 N–H and O–H groups in total. The van der Waals surface area contributed by atoms with Gasteiger partial charge >= 0.3 is 6.61 Å². The van der Waals surface area contributed by atoms with Gasteiger partial charge in [-0.25, -0.2) is 0 Å². The molecule has 0 bridgehead atoms. The van der Waals surface area contributed by atoms with Crippen molar-refractivity contribution in [3.8, 4) is 5.75 Å². The van der Waals surface area contributed by atoms with Crippen molar-refractivity contribution < 1.29 is 18.3 Å². The van der Waals surface area contributed by atoms with Crippen LogP contribution in [0.5, 0.6) is 5.75 Å². The van der Waals surface area contributed by atoms with Crippen molar-refractivity contribution in [1.82, 2.24) is 5.32 Å². The van der Waals surface area contributed by atoms with Gasteiger partial charge in [0, 0.05) is 12.2 Å². The average Bonchev–Trinajstić information content (AvgIpc) is 2.79. The van der Waals surface area contributed by atoms with E-state index >= 15 is 0 Å². The maximum atomic E-state index is 12.1. The van der Waals surface area contributed by atoms with Gasteiger partial charge in [-0.2, -0.15) is 8.78 Å². The van der Waals surface area contributed by atoms with Crippen molar-refractivity contribution in [3.63, 3.8) is 0 Å². The lowest BCUT2D eigenvalue weighted by Gasteiger charge is -2.21. The number of hydrogen-bond donors (Lipinski definition) is 2. The molecule has 0 radical (unpaired) electrons. The number of halogens is 3. The third-order valence-electron chi connectivity index (χ3n) is 3.25. The molecular weight excluding hydrogens is 290 g/mol. The largest absolute Gasteiger partial charge is 0.435 e. The van der Waals surface area contributed by atoms with Crippen molar-refractivity contribution in [3.05, 3.63) is 24.3 Å².